The third-order valence-electron chi connectivity index (χ3n) is 2.15. The lowest BCUT2D eigenvalue weighted by Gasteiger charge is -2.12. The van der Waals surface area contributed by atoms with E-state index in [0.29, 0.717) is 12.6 Å². The zero-order valence-corrected chi connectivity index (χ0v) is 10.4. The van der Waals surface area contributed by atoms with Crippen molar-refractivity contribution in [1.82, 2.24) is 5.32 Å². The van der Waals surface area contributed by atoms with Gasteiger partial charge in [0.1, 0.15) is 0 Å². The van der Waals surface area contributed by atoms with Crippen LogP contribution in [0, 0.1) is 0 Å². The average molecular weight is 219 g/mol. The van der Waals surface area contributed by atoms with Gasteiger partial charge in [-0.3, -0.25) is 0 Å². The van der Waals surface area contributed by atoms with E-state index in [1.165, 1.54) is 24.3 Å². The summed E-state index contributed by atoms with van der Waals surface area (Å²) in [6, 6.07) is 0.637. The smallest absolute Gasteiger partial charge is 0.0431 e. The molecule has 0 aromatic heterocycles. The Balaban J connectivity index is 3.02. The highest BCUT2D eigenvalue weighted by molar-refractivity contribution is 7.99. The minimum atomic E-state index is 0.344. The van der Waals surface area contributed by atoms with Crippen LogP contribution in [0.15, 0.2) is 0 Å². The molecule has 0 aliphatic heterocycles. The van der Waals surface area contributed by atoms with Gasteiger partial charge in [-0.05, 0) is 32.1 Å². The molecule has 0 aliphatic rings. The Morgan fingerprint density at radius 1 is 1.21 bits per heavy atom. The number of unbranched alkanes of at least 4 members (excludes halogenated alkanes) is 3. The Labute approximate surface area is 92.9 Å². The molecule has 0 aromatic carbocycles. The first-order chi connectivity index (χ1) is 6.81. The van der Waals surface area contributed by atoms with Gasteiger partial charge in [0.2, 0.25) is 0 Å². The first kappa shape index (κ1) is 14.3. The molecule has 0 radical (unpaired) electrons. The number of aliphatic hydroxyl groups is 1. The predicted octanol–water partition coefficient (Wildman–Crippen LogP) is 2.27. The predicted molar refractivity (Wildman–Crippen MR) is 66.0 cm³/mol. The quantitative estimate of drug-likeness (QED) is 0.553. The molecule has 3 heteroatoms. The molecule has 0 amide bonds. The average Bonchev–Trinajstić information content (AvgIpc) is 2.20. The molecule has 0 fully saturated rings. The van der Waals surface area contributed by atoms with Crippen LogP contribution in [0.5, 0.6) is 0 Å². The molecule has 1 unspecified atom stereocenters. The number of rotatable bonds is 10. The molecule has 0 bridgehead atoms. The molecule has 1 atom stereocenters. The van der Waals surface area contributed by atoms with E-state index < -0.39 is 0 Å². The van der Waals surface area contributed by atoms with E-state index in [1.807, 2.05) is 11.8 Å². The molecule has 0 heterocycles. The fourth-order valence-electron chi connectivity index (χ4n) is 1.29. The van der Waals surface area contributed by atoms with E-state index in [0.717, 1.165) is 19.4 Å². The van der Waals surface area contributed by atoms with Crippen molar-refractivity contribution >= 4 is 11.8 Å². The Bertz CT molecular complexity index is 111. The summed E-state index contributed by atoms with van der Waals surface area (Å²) in [5.74, 6) is 2.43. The molecule has 0 saturated heterocycles. The van der Waals surface area contributed by atoms with Crippen LogP contribution in [0.3, 0.4) is 0 Å². The van der Waals surface area contributed by atoms with Gasteiger partial charge in [-0.15, -0.1) is 0 Å². The van der Waals surface area contributed by atoms with Crippen LogP contribution in [0.4, 0.5) is 0 Å². The summed E-state index contributed by atoms with van der Waals surface area (Å²) in [6.45, 7) is 5.91. The molecular formula is C11H25NOS. The standard InChI is InChI=1S/C11H25NOS/c1-3-14-10-11(2)12-8-6-4-5-7-9-13/h11-13H,3-10H2,1-2H3. The molecule has 0 rings (SSSR count). The highest BCUT2D eigenvalue weighted by Gasteiger charge is 1.99. The lowest BCUT2D eigenvalue weighted by Crippen LogP contribution is -2.29. The molecule has 0 saturated carbocycles. The molecule has 2 nitrogen and oxygen atoms in total. The van der Waals surface area contributed by atoms with Crippen molar-refractivity contribution < 1.29 is 5.11 Å². The molecule has 0 aliphatic carbocycles. The molecule has 0 aromatic rings. The minimum Gasteiger partial charge on any atom is -0.396 e. The van der Waals surface area contributed by atoms with Crippen molar-refractivity contribution in [3.05, 3.63) is 0 Å². The van der Waals surface area contributed by atoms with Crippen LogP contribution in [0.1, 0.15) is 39.5 Å². The fraction of sp³-hybridized carbons (Fsp3) is 1.00. The van der Waals surface area contributed by atoms with Crippen molar-refractivity contribution in [3.8, 4) is 0 Å². The zero-order valence-electron chi connectivity index (χ0n) is 9.59. The van der Waals surface area contributed by atoms with E-state index in [4.69, 9.17) is 5.11 Å². The van der Waals surface area contributed by atoms with Crippen LogP contribution in [0.2, 0.25) is 0 Å². The lowest BCUT2D eigenvalue weighted by molar-refractivity contribution is 0.282. The van der Waals surface area contributed by atoms with Crippen molar-refractivity contribution in [3.63, 3.8) is 0 Å². The molecule has 2 N–H and O–H groups in total. The van der Waals surface area contributed by atoms with Crippen LogP contribution >= 0.6 is 11.8 Å². The monoisotopic (exact) mass is 219 g/mol. The van der Waals surface area contributed by atoms with Gasteiger partial charge < -0.3 is 10.4 Å². The van der Waals surface area contributed by atoms with Crippen LogP contribution in [-0.4, -0.2) is 35.8 Å². The lowest BCUT2D eigenvalue weighted by atomic mass is 10.2. The fourth-order valence-corrected chi connectivity index (χ4v) is 2.00. The first-order valence-electron chi connectivity index (χ1n) is 5.73. The van der Waals surface area contributed by atoms with Gasteiger partial charge in [0.05, 0.1) is 0 Å². The summed E-state index contributed by atoms with van der Waals surface area (Å²) in [7, 11) is 0. The number of hydrogen-bond acceptors (Lipinski definition) is 3. The maximum atomic E-state index is 8.59. The van der Waals surface area contributed by atoms with Crippen LogP contribution < -0.4 is 5.32 Å². The normalized spacial score (nSPS) is 13.1. The third kappa shape index (κ3) is 10.4. The maximum absolute atomic E-state index is 8.59. The number of thioether (sulfide) groups is 1. The maximum Gasteiger partial charge on any atom is 0.0431 e. The van der Waals surface area contributed by atoms with E-state index in [2.05, 4.69) is 19.2 Å². The van der Waals surface area contributed by atoms with Gasteiger partial charge in [0.25, 0.3) is 0 Å². The van der Waals surface area contributed by atoms with Gasteiger partial charge in [-0.1, -0.05) is 19.8 Å². The number of hydrogen-bond donors (Lipinski definition) is 2. The SMILES string of the molecule is CCSCC(C)NCCCCCCO. The third-order valence-corrected chi connectivity index (χ3v) is 3.29. The Morgan fingerprint density at radius 2 is 1.93 bits per heavy atom. The van der Waals surface area contributed by atoms with Gasteiger partial charge in [-0.2, -0.15) is 11.8 Å². The van der Waals surface area contributed by atoms with Gasteiger partial charge in [-0.25, -0.2) is 0 Å². The van der Waals surface area contributed by atoms with Crippen molar-refractivity contribution in [2.24, 2.45) is 0 Å². The Hall–Kier alpha value is 0.270. The summed E-state index contributed by atoms with van der Waals surface area (Å²) in [5, 5.41) is 12.1. The van der Waals surface area contributed by atoms with E-state index in [1.54, 1.807) is 0 Å². The van der Waals surface area contributed by atoms with E-state index >= 15 is 0 Å². The topological polar surface area (TPSA) is 32.3 Å². The second-order valence-electron chi connectivity index (χ2n) is 3.65. The Morgan fingerprint density at radius 3 is 2.57 bits per heavy atom. The summed E-state index contributed by atoms with van der Waals surface area (Å²) in [6.07, 6.45) is 4.60. The second kappa shape index (κ2) is 11.3. The van der Waals surface area contributed by atoms with Crippen molar-refractivity contribution in [2.75, 3.05) is 24.7 Å². The van der Waals surface area contributed by atoms with Gasteiger partial charge in [0, 0.05) is 18.4 Å². The summed E-state index contributed by atoms with van der Waals surface area (Å²) < 4.78 is 0. The summed E-state index contributed by atoms with van der Waals surface area (Å²) in [4.78, 5) is 0. The highest BCUT2D eigenvalue weighted by atomic mass is 32.2. The summed E-state index contributed by atoms with van der Waals surface area (Å²) in [5.41, 5.74) is 0. The largest absolute Gasteiger partial charge is 0.396 e. The Kier molecular flexibility index (Phi) is 11.6. The highest BCUT2D eigenvalue weighted by Crippen LogP contribution is 2.02. The molecular weight excluding hydrogens is 194 g/mol. The minimum absolute atomic E-state index is 0.344. The van der Waals surface area contributed by atoms with Crippen molar-refractivity contribution in [1.29, 1.82) is 0 Å². The zero-order chi connectivity index (χ0) is 10.6. The second-order valence-corrected chi connectivity index (χ2v) is 4.97. The number of nitrogens with one attached hydrogen (secondary N) is 1. The van der Waals surface area contributed by atoms with Crippen LogP contribution in [0.25, 0.3) is 0 Å². The van der Waals surface area contributed by atoms with E-state index in [-0.39, 0.29) is 0 Å². The molecule has 14 heavy (non-hydrogen) atoms. The van der Waals surface area contributed by atoms with Crippen LogP contribution in [-0.2, 0) is 0 Å². The molecule has 0 spiro atoms. The van der Waals surface area contributed by atoms with Gasteiger partial charge in [0.15, 0.2) is 0 Å². The number of aliphatic hydroxyl groups excluding tert-OH is 1. The van der Waals surface area contributed by atoms with Crippen molar-refractivity contribution in [2.45, 2.75) is 45.6 Å². The summed E-state index contributed by atoms with van der Waals surface area (Å²) >= 11 is 1.99. The van der Waals surface area contributed by atoms with E-state index in [9.17, 15) is 0 Å². The van der Waals surface area contributed by atoms with Gasteiger partial charge >= 0.3 is 0 Å². The molecule has 86 valence electrons. The first-order valence-corrected chi connectivity index (χ1v) is 6.88.